The largest absolute Gasteiger partial charge is 0.431 e. The Morgan fingerprint density at radius 3 is 2.52 bits per heavy atom. The number of nitrogens with zero attached hydrogens (tertiary/aromatic N) is 1. The Morgan fingerprint density at radius 1 is 1.16 bits per heavy atom. The van der Waals surface area contributed by atoms with E-state index in [0.717, 1.165) is 6.42 Å². The van der Waals surface area contributed by atoms with E-state index in [4.69, 9.17) is 5.73 Å². The molecule has 1 saturated carbocycles. The van der Waals surface area contributed by atoms with Crippen LogP contribution in [0, 0.1) is 0 Å². The number of carbonyl (C=O) groups excluding carboxylic acids is 1. The van der Waals surface area contributed by atoms with Gasteiger partial charge in [0.1, 0.15) is 5.70 Å². The van der Waals surface area contributed by atoms with E-state index in [1.807, 2.05) is 18.2 Å². The van der Waals surface area contributed by atoms with Crippen LogP contribution < -0.4 is 11.1 Å². The van der Waals surface area contributed by atoms with Gasteiger partial charge in [-0.05, 0) is 44.2 Å². The van der Waals surface area contributed by atoms with E-state index in [9.17, 15) is 18.0 Å². The molecule has 0 spiro atoms. The number of anilines is 1. The fraction of sp³-hybridized carbons (Fsp3) is 0.444. The predicted octanol–water partition coefficient (Wildman–Crippen LogP) is 4.20. The van der Waals surface area contributed by atoms with Gasteiger partial charge in [-0.15, -0.1) is 0 Å². The number of nitrogens with one attached hydrogen (secondary N) is 1. The number of halogens is 3. The smallest absolute Gasteiger partial charge is 0.394 e. The summed E-state index contributed by atoms with van der Waals surface area (Å²) >= 11 is 0. The standard InChI is InChI=1S/C18H22F3N3O/c19-18(20,21)17(22)14-9-4-5-10-15(14)23-12-6-11-16(25)24-13-7-2-1-3-8-13/h1-3,7-8H,4-6,9-12,22H2,(H,24,25). The highest BCUT2D eigenvalue weighted by atomic mass is 19.4. The lowest BCUT2D eigenvalue weighted by molar-refractivity contribution is -0.116. The van der Waals surface area contributed by atoms with Crippen molar-refractivity contribution in [2.75, 3.05) is 11.9 Å². The molecule has 3 N–H and O–H groups in total. The third-order valence-electron chi connectivity index (χ3n) is 3.99. The highest BCUT2D eigenvalue weighted by Crippen LogP contribution is 2.30. The maximum absolute atomic E-state index is 12.8. The molecule has 1 aromatic rings. The van der Waals surface area contributed by atoms with Crippen molar-refractivity contribution >= 4 is 17.3 Å². The molecular weight excluding hydrogens is 331 g/mol. The van der Waals surface area contributed by atoms with Crippen molar-refractivity contribution in [1.29, 1.82) is 0 Å². The van der Waals surface area contributed by atoms with Gasteiger partial charge >= 0.3 is 6.18 Å². The molecule has 2 rings (SSSR count). The molecule has 4 nitrogen and oxygen atoms in total. The van der Waals surface area contributed by atoms with Crippen molar-refractivity contribution in [3.63, 3.8) is 0 Å². The van der Waals surface area contributed by atoms with E-state index in [1.54, 1.807) is 12.1 Å². The second kappa shape index (κ2) is 8.69. The molecule has 1 fully saturated rings. The summed E-state index contributed by atoms with van der Waals surface area (Å²) in [6, 6.07) is 9.08. The summed E-state index contributed by atoms with van der Waals surface area (Å²) in [6.07, 6.45) is -1.49. The van der Waals surface area contributed by atoms with E-state index in [0.29, 0.717) is 43.6 Å². The molecule has 0 radical (unpaired) electrons. The van der Waals surface area contributed by atoms with Crippen LogP contribution in [0.1, 0.15) is 38.5 Å². The summed E-state index contributed by atoms with van der Waals surface area (Å²) < 4.78 is 38.5. The van der Waals surface area contributed by atoms with Crippen molar-refractivity contribution in [1.82, 2.24) is 0 Å². The van der Waals surface area contributed by atoms with Crippen LogP contribution in [0.3, 0.4) is 0 Å². The molecule has 1 aromatic carbocycles. The first-order chi connectivity index (χ1) is 11.9. The molecule has 7 heteroatoms. The summed E-state index contributed by atoms with van der Waals surface area (Å²) in [5, 5.41) is 2.76. The van der Waals surface area contributed by atoms with Crippen molar-refractivity contribution in [2.45, 2.75) is 44.7 Å². The molecule has 0 saturated heterocycles. The van der Waals surface area contributed by atoms with Crippen LogP contribution in [0.5, 0.6) is 0 Å². The summed E-state index contributed by atoms with van der Waals surface area (Å²) in [6.45, 7) is 0.312. The topological polar surface area (TPSA) is 67.5 Å². The van der Waals surface area contributed by atoms with Gasteiger partial charge in [-0.2, -0.15) is 13.2 Å². The van der Waals surface area contributed by atoms with Gasteiger partial charge in [0.15, 0.2) is 0 Å². The maximum atomic E-state index is 12.8. The van der Waals surface area contributed by atoms with E-state index >= 15 is 0 Å². The molecule has 0 aromatic heterocycles. The number of hydrogen-bond acceptors (Lipinski definition) is 3. The molecule has 136 valence electrons. The minimum atomic E-state index is -4.52. The number of amides is 1. The molecular formula is C18H22F3N3O. The number of hydrogen-bond donors (Lipinski definition) is 2. The fourth-order valence-corrected chi connectivity index (χ4v) is 2.72. The van der Waals surface area contributed by atoms with Gasteiger partial charge in [0, 0.05) is 29.9 Å². The molecule has 0 atom stereocenters. The molecule has 0 bridgehead atoms. The molecule has 1 amide bonds. The van der Waals surface area contributed by atoms with Gasteiger partial charge in [0.2, 0.25) is 5.91 Å². The maximum Gasteiger partial charge on any atom is 0.431 e. The Bertz CT molecular complexity index is 651. The summed E-state index contributed by atoms with van der Waals surface area (Å²) in [7, 11) is 0. The summed E-state index contributed by atoms with van der Waals surface area (Å²) in [5.41, 5.74) is 5.50. The van der Waals surface area contributed by atoms with Crippen LogP contribution in [0.4, 0.5) is 18.9 Å². The number of alkyl halides is 3. The highest BCUT2D eigenvalue weighted by Gasteiger charge is 2.35. The molecule has 0 heterocycles. The quantitative estimate of drug-likeness (QED) is 0.779. The Kier molecular flexibility index (Phi) is 6.61. The lowest BCUT2D eigenvalue weighted by Gasteiger charge is -2.20. The van der Waals surface area contributed by atoms with Crippen LogP contribution in [0.25, 0.3) is 0 Å². The van der Waals surface area contributed by atoms with Gasteiger partial charge in [0.05, 0.1) is 0 Å². The number of rotatable bonds is 5. The van der Waals surface area contributed by atoms with Gasteiger partial charge in [0.25, 0.3) is 0 Å². The van der Waals surface area contributed by atoms with Crippen LogP contribution in [-0.2, 0) is 4.79 Å². The Balaban J connectivity index is 1.88. The molecule has 1 aliphatic rings. The molecule has 25 heavy (non-hydrogen) atoms. The van der Waals surface area contributed by atoms with Crippen LogP contribution in [0.2, 0.25) is 0 Å². The average Bonchev–Trinajstić information content (AvgIpc) is 2.58. The molecule has 1 aliphatic carbocycles. The third-order valence-corrected chi connectivity index (χ3v) is 3.99. The minimum Gasteiger partial charge on any atom is -0.394 e. The fourth-order valence-electron chi connectivity index (χ4n) is 2.72. The SMILES string of the molecule is NC(=C1CCCCC1=NCCCC(=O)Nc1ccccc1)C(F)(F)F. The number of benzene rings is 1. The second-order valence-corrected chi connectivity index (χ2v) is 5.94. The van der Waals surface area contributed by atoms with Gasteiger partial charge < -0.3 is 11.1 Å². The van der Waals surface area contributed by atoms with Gasteiger partial charge in [-0.1, -0.05) is 18.2 Å². The third kappa shape index (κ3) is 5.92. The lowest BCUT2D eigenvalue weighted by Crippen LogP contribution is -2.26. The average molecular weight is 353 g/mol. The molecule has 0 unspecified atom stereocenters. The highest BCUT2D eigenvalue weighted by molar-refractivity contribution is 6.01. The first-order valence-corrected chi connectivity index (χ1v) is 8.32. The van der Waals surface area contributed by atoms with E-state index in [2.05, 4.69) is 10.3 Å². The molecule has 0 aliphatic heterocycles. The van der Waals surface area contributed by atoms with Crippen molar-refractivity contribution in [2.24, 2.45) is 10.7 Å². The van der Waals surface area contributed by atoms with Crippen LogP contribution >= 0.6 is 0 Å². The van der Waals surface area contributed by atoms with E-state index in [1.165, 1.54) is 0 Å². The first-order valence-electron chi connectivity index (χ1n) is 8.32. The van der Waals surface area contributed by atoms with E-state index in [-0.39, 0.29) is 17.9 Å². The zero-order chi connectivity index (χ0) is 18.3. The Hall–Kier alpha value is -2.31. The predicted molar refractivity (Wildman–Crippen MR) is 92.3 cm³/mol. The normalized spacial score (nSPS) is 18.9. The Morgan fingerprint density at radius 2 is 1.84 bits per heavy atom. The minimum absolute atomic E-state index is 0.118. The lowest BCUT2D eigenvalue weighted by atomic mass is 9.91. The number of allylic oxidation sites excluding steroid dienone is 2. The zero-order valence-corrected chi connectivity index (χ0v) is 13.9. The van der Waals surface area contributed by atoms with Crippen LogP contribution in [-0.4, -0.2) is 24.3 Å². The Labute approximate surface area is 145 Å². The summed E-state index contributed by atoms with van der Waals surface area (Å²) in [4.78, 5) is 16.1. The summed E-state index contributed by atoms with van der Waals surface area (Å²) in [5.74, 6) is -0.138. The number of nitrogens with two attached hydrogens (primary N) is 1. The van der Waals surface area contributed by atoms with Crippen molar-refractivity contribution in [3.05, 3.63) is 41.6 Å². The van der Waals surface area contributed by atoms with Crippen molar-refractivity contribution < 1.29 is 18.0 Å². The number of aliphatic imine (C=N–C) groups is 1. The monoisotopic (exact) mass is 353 g/mol. The van der Waals surface area contributed by atoms with Crippen LogP contribution in [0.15, 0.2) is 46.6 Å². The van der Waals surface area contributed by atoms with E-state index < -0.39 is 11.9 Å². The number of carbonyl (C=O) groups is 1. The zero-order valence-electron chi connectivity index (χ0n) is 13.9. The number of para-hydroxylation sites is 1. The van der Waals surface area contributed by atoms with Crippen molar-refractivity contribution in [3.8, 4) is 0 Å². The van der Waals surface area contributed by atoms with Gasteiger partial charge in [-0.25, -0.2) is 0 Å². The second-order valence-electron chi connectivity index (χ2n) is 5.94. The first kappa shape index (κ1) is 19.0. The van der Waals surface area contributed by atoms with Gasteiger partial charge in [-0.3, -0.25) is 9.79 Å².